The molecule has 6 rings (SSSR count). The summed E-state index contributed by atoms with van der Waals surface area (Å²) < 4.78 is 3.32. The largest absolute Gasteiger partial charge is 0.327 e. The van der Waals surface area contributed by atoms with Crippen LogP contribution in [0.1, 0.15) is 30.3 Å². The van der Waals surface area contributed by atoms with Crippen LogP contribution in [0.2, 0.25) is 0 Å². The molecule has 0 spiro atoms. The van der Waals surface area contributed by atoms with Gasteiger partial charge in [-0.1, -0.05) is 37.3 Å². The highest BCUT2D eigenvalue weighted by Crippen LogP contribution is 2.36. The van der Waals surface area contributed by atoms with Gasteiger partial charge in [0.1, 0.15) is 16.5 Å². The number of pyridine rings is 1. The Morgan fingerprint density at radius 1 is 1.00 bits per heavy atom. The van der Waals surface area contributed by atoms with Crippen LogP contribution in [-0.2, 0) is 13.0 Å². The average Bonchev–Trinajstić information content (AvgIpc) is 3.61. The number of hydrogen-bond donors (Lipinski definition) is 1. The Morgan fingerprint density at radius 3 is 2.71 bits per heavy atom. The third-order valence-corrected chi connectivity index (χ3v) is 6.91. The van der Waals surface area contributed by atoms with Gasteiger partial charge in [0.25, 0.3) is 0 Å². The summed E-state index contributed by atoms with van der Waals surface area (Å²) in [5.41, 5.74) is 6.23. The molecule has 1 N–H and O–H groups in total. The van der Waals surface area contributed by atoms with Crippen LogP contribution < -0.4 is 0 Å². The van der Waals surface area contributed by atoms with Crippen LogP contribution in [0, 0.1) is 6.92 Å². The van der Waals surface area contributed by atoms with Crippen LogP contribution >= 0.6 is 11.3 Å². The summed E-state index contributed by atoms with van der Waals surface area (Å²) in [5.74, 6) is 2.43. The summed E-state index contributed by atoms with van der Waals surface area (Å²) in [7, 11) is 0. The number of benzene rings is 2. The van der Waals surface area contributed by atoms with Crippen LogP contribution in [0.25, 0.3) is 43.7 Å². The van der Waals surface area contributed by atoms with Gasteiger partial charge in [-0.25, -0.2) is 15.0 Å². The molecule has 0 bridgehead atoms. The van der Waals surface area contributed by atoms with Crippen molar-refractivity contribution in [2.45, 2.75) is 33.2 Å². The number of rotatable bonds is 6. The van der Waals surface area contributed by atoms with Crippen LogP contribution in [-0.4, -0.2) is 40.1 Å². The molecular formula is C25H22N8S. The lowest BCUT2D eigenvalue weighted by atomic mass is 10.1. The topological polar surface area (TPSA) is 98.1 Å². The summed E-state index contributed by atoms with van der Waals surface area (Å²) >= 11 is 1.67. The first-order valence-corrected chi connectivity index (χ1v) is 12.1. The highest BCUT2D eigenvalue weighted by atomic mass is 32.1. The molecule has 0 radical (unpaired) electrons. The fraction of sp³-hybridized carbons (Fsp3) is 0.200. The minimum Gasteiger partial charge on any atom is -0.327 e. The minimum atomic E-state index is 0.564. The van der Waals surface area contributed by atoms with Gasteiger partial charge >= 0.3 is 0 Å². The molecule has 0 unspecified atom stereocenters. The number of H-pyrrole nitrogens is 1. The Labute approximate surface area is 200 Å². The Bertz CT molecular complexity index is 1560. The second-order valence-corrected chi connectivity index (χ2v) is 9.32. The molecule has 0 saturated carbocycles. The molecule has 8 nitrogen and oxygen atoms in total. The lowest BCUT2D eigenvalue weighted by molar-refractivity contribution is 0.778. The first-order valence-electron chi connectivity index (χ1n) is 11.2. The molecule has 0 atom stereocenters. The van der Waals surface area contributed by atoms with Gasteiger partial charge in [0.05, 0.1) is 10.2 Å². The highest BCUT2D eigenvalue weighted by molar-refractivity contribution is 7.21. The number of fused-ring (bicyclic) bond motifs is 2. The standard InChI is InChI=1S/C25H22N8S/c1-3-6-21-27-22-15(2)11-12-33(24(22)28-21)14-16-9-10-19-20(13-16)34-25(26-19)18-8-5-4-7-17(18)23-29-31-32-30-23/h4-5,7-13H,3,6,14H2,1-2H3,(H,29,30,31,32). The van der Waals surface area contributed by atoms with Crippen LogP contribution in [0.15, 0.2) is 54.7 Å². The number of thiazole rings is 1. The van der Waals surface area contributed by atoms with Crippen LogP contribution in [0.4, 0.5) is 0 Å². The van der Waals surface area contributed by atoms with Gasteiger partial charge in [-0.3, -0.25) is 0 Å². The maximum atomic E-state index is 4.89. The van der Waals surface area contributed by atoms with Crippen LogP contribution in [0.3, 0.4) is 0 Å². The van der Waals surface area contributed by atoms with Crippen molar-refractivity contribution < 1.29 is 0 Å². The molecule has 0 fully saturated rings. The molecule has 4 heterocycles. The van der Waals surface area contributed by atoms with E-state index in [-0.39, 0.29) is 0 Å². The zero-order valence-electron chi connectivity index (χ0n) is 18.9. The van der Waals surface area contributed by atoms with Crippen molar-refractivity contribution in [3.63, 3.8) is 0 Å². The van der Waals surface area contributed by atoms with E-state index in [9.17, 15) is 0 Å². The third kappa shape index (κ3) is 3.63. The molecular weight excluding hydrogens is 444 g/mol. The molecule has 0 saturated heterocycles. The van der Waals surface area contributed by atoms with Crippen molar-refractivity contribution in [1.82, 2.24) is 40.1 Å². The van der Waals surface area contributed by atoms with E-state index < -0.39 is 0 Å². The monoisotopic (exact) mass is 466 g/mol. The summed E-state index contributed by atoms with van der Waals surface area (Å²) in [4.78, 5) is 14.5. The van der Waals surface area contributed by atoms with Crippen molar-refractivity contribution in [2.24, 2.45) is 0 Å². The lowest BCUT2D eigenvalue weighted by Gasteiger charge is -2.12. The highest BCUT2D eigenvalue weighted by Gasteiger charge is 2.18. The van der Waals surface area contributed by atoms with Crippen molar-refractivity contribution in [1.29, 1.82) is 0 Å². The van der Waals surface area contributed by atoms with E-state index in [0.717, 1.165) is 68.6 Å². The van der Waals surface area contributed by atoms with Gasteiger partial charge in [0.15, 0.2) is 5.82 Å². The van der Waals surface area contributed by atoms with Gasteiger partial charge in [-0.15, -0.1) is 21.5 Å². The fourth-order valence-electron chi connectivity index (χ4n) is 4.18. The number of tetrazole rings is 1. The lowest BCUT2D eigenvalue weighted by Crippen LogP contribution is -2.06. The summed E-state index contributed by atoms with van der Waals surface area (Å²) in [6.45, 7) is 4.97. The van der Waals surface area contributed by atoms with E-state index >= 15 is 0 Å². The predicted molar refractivity (Wildman–Crippen MR) is 133 cm³/mol. The number of imidazole rings is 1. The van der Waals surface area contributed by atoms with Gasteiger partial charge < -0.3 is 4.57 Å². The maximum absolute atomic E-state index is 4.89. The predicted octanol–water partition coefficient (Wildman–Crippen LogP) is 5.15. The molecule has 4 aromatic rings. The number of nitrogens with zero attached hydrogens (tertiary/aromatic N) is 7. The van der Waals surface area contributed by atoms with E-state index in [0.29, 0.717) is 5.82 Å². The Hall–Kier alpha value is -3.98. The number of aromatic amines is 1. The number of hydrogen-bond acceptors (Lipinski definition) is 7. The van der Waals surface area contributed by atoms with E-state index in [1.165, 1.54) is 5.56 Å². The van der Waals surface area contributed by atoms with Crippen molar-refractivity contribution >= 4 is 21.6 Å². The van der Waals surface area contributed by atoms with E-state index in [1.807, 2.05) is 24.3 Å². The quantitative estimate of drug-likeness (QED) is 0.365. The summed E-state index contributed by atoms with van der Waals surface area (Å²) in [5, 5.41) is 15.5. The maximum Gasteiger partial charge on any atom is 0.205 e. The Kier molecular flexibility index (Phi) is 5.10. The SMILES string of the molecule is CCCc1nc2c(C)ccn(Cc3ccc4nc(-c5ccccc5-c5nn[nH]n5)sc4c3)c-2n1. The van der Waals surface area contributed by atoms with Crippen molar-refractivity contribution in [3.05, 3.63) is 71.7 Å². The molecule has 0 aliphatic carbocycles. The zero-order valence-corrected chi connectivity index (χ0v) is 19.7. The van der Waals surface area contributed by atoms with E-state index in [1.54, 1.807) is 11.3 Å². The molecule has 168 valence electrons. The Balaban J connectivity index is 1.36. The van der Waals surface area contributed by atoms with Gasteiger partial charge in [0.2, 0.25) is 5.82 Å². The molecule has 2 aromatic carbocycles. The molecule has 0 amide bonds. The zero-order chi connectivity index (χ0) is 23.1. The smallest absolute Gasteiger partial charge is 0.205 e. The number of nitrogens with one attached hydrogen (secondary N) is 1. The van der Waals surface area contributed by atoms with Crippen molar-refractivity contribution in [2.75, 3.05) is 0 Å². The number of aromatic nitrogens is 8. The second-order valence-electron chi connectivity index (χ2n) is 8.29. The van der Waals surface area contributed by atoms with Gasteiger partial charge in [0, 0.05) is 30.3 Å². The fourth-order valence-corrected chi connectivity index (χ4v) is 5.25. The summed E-state index contributed by atoms with van der Waals surface area (Å²) in [6, 6.07) is 16.6. The first-order chi connectivity index (χ1) is 16.7. The normalized spacial score (nSPS) is 11.6. The van der Waals surface area contributed by atoms with E-state index in [2.05, 4.69) is 69.5 Å². The Morgan fingerprint density at radius 2 is 1.88 bits per heavy atom. The molecule has 34 heavy (non-hydrogen) atoms. The van der Waals surface area contributed by atoms with Gasteiger partial charge in [-0.05, 0) is 47.9 Å². The number of aryl methyl sites for hydroxylation is 2. The van der Waals surface area contributed by atoms with Gasteiger partial charge in [-0.2, -0.15) is 5.21 Å². The summed E-state index contributed by atoms with van der Waals surface area (Å²) in [6.07, 6.45) is 4.04. The van der Waals surface area contributed by atoms with Crippen LogP contribution in [0.5, 0.6) is 0 Å². The molecule has 2 aliphatic rings. The first kappa shape index (κ1) is 20.6. The molecule has 2 aromatic heterocycles. The molecule has 2 aliphatic heterocycles. The second kappa shape index (κ2) is 8.42. The van der Waals surface area contributed by atoms with E-state index in [4.69, 9.17) is 15.0 Å². The average molecular weight is 467 g/mol. The third-order valence-electron chi connectivity index (χ3n) is 5.86. The van der Waals surface area contributed by atoms with Crippen molar-refractivity contribution in [3.8, 4) is 33.5 Å². The minimum absolute atomic E-state index is 0.564. The molecule has 9 heteroatoms.